The summed E-state index contributed by atoms with van der Waals surface area (Å²) >= 11 is 0. The van der Waals surface area contributed by atoms with Crippen LogP contribution in [0.5, 0.6) is 0 Å². The van der Waals surface area contributed by atoms with Crippen molar-refractivity contribution < 1.29 is 4.79 Å². The lowest BCUT2D eigenvalue weighted by Crippen LogP contribution is -2.37. The van der Waals surface area contributed by atoms with Crippen LogP contribution in [0.3, 0.4) is 0 Å². The molecule has 1 saturated heterocycles. The highest BCUT2D eigenvalue weighted by atomic mass is 16.1. The molecule has 4 rings (SSSR count). The van der Waals surface area contributed by atoms with Gasteiger partial charge >= 0.3 is 0 Å². The summed E-state index contributed by atoms with van der Waals surface area (Å²) in [5.41, 5.74) is 2.43. The van der Waals surface area contributed by atoms with Gasteiger partial charge in [-0.2, -0.15) is 5.10 Å². The summed E-state index contributed by atoms with van der Waals surface area (Å²) in [6.45, 7) is 3.91. The number of likely N-dealkylation sites (tertiary alicyclic amines) is 1. The molecule has 0 bridgehead atoms. The number of fused-ring (bicyclic) bond motifs is 1. The predicted octanol–water partition coefficient (Wildman–Crippen LogP) is 2.64. The summed E-state index contributed by atoms with van der Waals surface area (Å²) < 4.78 is 1.79. The van der Waals surface area contributed by atoms with E-state index in [-0.39, 0.29) is 5.91 Å². The first-order valence-corrected chi connectivity index (χ1v) is 9.20. The molecule has 3 heterocycles. The first-order valence-electron chi connectivity index (χ1n) is 9.20. The Hall–Kier alpha value is -2.73. The largest absolute Gasteiger partial charge is 0.351 e. The fraction of sp³-hybridized carbons (Fsp3) is 0.350. The van der Waals surface area contributed by atoms with Gasteiger partial charge in [-0.25, -0.2) is 4.68 Å². The molecule has 0 atom stereocenters. The number of nitrogens with zero attached hydrogens (tertiary/aromatic N) is 4. The summed E-state index contributed by atoms with van der Waals surface area (Å²) in [4.78, 5) is 19.0. The van der Waals surface area contributed by atoms with Crippen LogP contribution >= 0.6 is 0 Å². The molecule has 1 aliphatic rings. The van der Waals surface area contributed by atoms with Crippen LogP contribution in [0.1, 0.15) is 29.6 Å². The highest BCUT2D eigenvalue weighted by Crippen LogP contribution is 2.17. The SMILES string of the molecule is O=C(NCCN1CCCCC1)c1ccc2nn(-c3cccnc3)cc2c1. The van der Waals surface area contributed by atoms with Crippen LogP contribution in [0.25, 0.3) is 16.6 Å². The summed E-state index contributed by atoms with van der Waals surface area (Å²) in [7, 11) is 0. The molecule has 1 aliphatic heterocycles. The van der Waals surface area contributed by atoms with Crippen LogP contribution in [0.2, 0.25) is 0 Å². The van der Waals surface area contributed by atoms with Gasteiger partial charge in [0.15, 0.2) is 0 Å². The van der Waals surface area contributed by atoms with Gasteiger partial charge < -0.3 is 10.2 Å². The molecular weight excluding hydrogens is 326 g/mol. The molecule has 1 amide bonds. The van der Waals surface area contributed by atoms with E-state index < -0.39 is 0 Å². The van der Waals surface area contributed by atoms with E-state index in [2.05, 4.69) is 20.3 Å². The molecule has 0 aliphatic carbocycles. The van der Waals surface area contributed by atoms with Gasteiger partial charge in [0.05, 0.1) is 17.4 Å². The van der Waals surface area contributed by atoms with E-state index in [0.29, 0.717) is 12.1 Å². The van der Waals surface area contributed by atoms with E-state index in [1.165, 1.54) is 19.3 Å². The first kappa shape index (κ1) is 16.7. The first-order chi connectivity index (χ1) is 12.8. The molecule has 3 aromatic rings. The zero-order chi connectivity index (χ0) is 17.8. The molecular formula is C20H23N5O. The van der Waals surface area contributed by atoms with Crippen LogP contribution in [-0.4, -0.2) is 51.8 Å². The van der Waals surface area contributed by atoms with E-state index in [4.69, 9.17) is 0 Å². The van der Waals surface area contributed by atoms with Gasteiger partial charge in [-0.1, -0.05) is 6.42 Å². The van der Waals surface area contributed by atoms with Crippen LogP contribution in [0.15, 0.2) is 48.9 Å². The van der Waals surface area contributed by atoms with E-state index in [1.54, 1.807) is 17.1 Å². The topological polar surface area (TPSA) is 63.1 Å². The Kier molecular flexibility index (Phi) is 4.93. The summed E-state index contributed by atoms with van der Waals surface area (Å²) in [5, 5.41) is 8.52. The monoisotopic (exact) mass is 349 g/mol. The lowest BCUT2D eigenvalue weighted by Gasteiger charge is -2.26. The van der Waals surface area contributed by atoms with Crippen molar-refractivity contribution in [3.63, 3.8) is 0 Å². The Morgan fingerprint density at radius 2 is 2.04 bits per heavy atom. The standard InChI is InChI=1S/C20H23N5O/c26-20(22-9-12-24-10-2-1-3-11-24)16-6-7-19-17(13-16)15-25(23-19)18-5-4-8-21-14-18/h4-8,13-15H,1-3,9-12H2,(H,22,26). The zero-order valence-electron chi connectivity index (χ0n) is 14.8. The van der Waals surface area contributed by atoms with Crippen molar-refractivity contribution in [3.8, 4) is 5.69 Å². The fourth-order valence-corrected chi connectivity index (χ4v) is 3.40. The number of amides is 1. The number of benzene rings is 1. The summed E-state index contributed by atoms with van der Waals surface area (Å²) in [6, 6.07) is 9.45. The molecule has 0 saturated carbocycles. The Bertz CT molecular complexity index is 884. The molecule has 134 valence electrons. The normalized spacial score (nSPS) is 15.2. The lowest BCUT2D eigenvalue weighted by molar-refractivity contribution is 0.0946. The molecule has 0 unspecified atom stereocenters. The maximum Gasteiger partial charge on any atom is 0.251 e. The van der Waals surface area contributed by atoms with E-state index in [9.17, 15) is 4.79 Å². The number of hydrogen-bond acceptors (Lipinski definition) is 4. The number of nitrogens with one attached hydrogen (secondary N) is 1. The fourth-order valence-electron chi connectivity index (χ4n) is 3.40. The third-order valence-electron chi connectivity index (χ3n) is 4.84. The Balaban J connectivity index is 1.42. The molecule has 6 nitrogen and oxygen atoms in total. The molecule has 0 radical (unpaired) electrons. The Morgan fingerprint density at radius 1 is 1.15 bits per heavy atom. The number of pyridine rings is 1. The zero-order valence-corrected chi connectivity index (χ0v) is 14.8. The molecule has 1 fully saturated rings. The van der Waals surface area contributed by atoms with Crippen molar-refractivity contribution in [3.05, 3.63) is 54.5 Å². The molecule has 0 spiro atoms. The minimum Gasteiger partial charge on any atom is -0.351 e. The number of carbonyl (C=O) groups is 1. The van der Waals surface area contributed by atoms with Crippen molar-refractivity contribution in [2.75, 3.05) is 26.2 Å². The minimum atomic E-state index is -0.0296. The van der Waals surface area contributed by atoms with Crippen molar-refractivity contribution in [1.82, 2.24) is 25.0 Å². The molecule has 6 heteroatoms. The average Bonchev–Trinajstić information content (AvgIpc) is 3.13. The van der Waals surface area contributed by atoms with E-state index >= 15 is 0 Å². The quantitative estimate of drug-likeness (QED) is 0.769. The molecule has 26 heavy (non-hydrogen) atoms. The lowest BCUT2D eigenvalue weighted by atomic mass is 10.1. The van der Waals surface area contributed by atoms with Crippen molar-refractivity contribution in [1.29, 1.82) is 0 Å². The van der Waals surface area contributed by atoms with Gasteiger partial charge in [0.1, 0.15) is 0 Å². The Labute approximate surface area is 152 Å². The van der Waals surface area contributed by atoms with Gasteiger partial charge in [0, 0.05) is 36.4 Å². The van der Waals surface area contributed by atoms with Gasteiger partial charge in [-0.05, 0) is 56.3 Å². The third-order valence-corrected chi connectivity index (χ3v) is 4.84. The number of rotatable bonds is 5. The van der Waals surface area contributed by atoms with Crippen LogP contribution in [-0.2, 0) is 0 Å². The van der Waals surface area contributed by atoms with E-state index in [1.807, 2.05) is 36.5 Å². The van der Waals surface area contributed by atoms with Crippen molar-refractivity contribution >= 4 is 16.8 Å². The second-order valence-electron chi connectivity index (χ2n) is 6.72. The number of aromatic nitrogens is 3. The minimum absolute atomic E-state index is 0.0296. The van der Waals surface area contributed by atoms with Crippen LogP contribution in [0.4, 0.5) is 0 Å². The number of carbonyl (C=O) groups excluding carboxylic acids is 1. The highest BCUT2D eigenvalue weighted by Gasteiger charge is 2.12. The second kappa shape index (κ2) is 7.66. The van der Waals surface area contributed by atoms with Crippen LogP contribution < -0.4 is 5.32 Å². The predicted molar refractivity (Wildman–Crippen MR) is 101 cm³/mol. The average molecular weight is 349 g/mol. The van der Waals surface area contributed by atoms with Gasteiger partial charge in [0.2, 0.25) is 0 Å². The highest BCUT2D eigenvalue weighted by molar-refractivity contribution is 5.97. The van der Waals surface area contributed by atoms with Gasteiger partial charge in [-0.15, -0.1) is 0 Å². The molecule has 2 aromatic heterocycles. The number of piperidine rings is 1. The van der Waals surface area contributed by atoms with Gasteiger partial charge in [-0.3, -0.25) is 9.78 Å². The van der Waals surface area contributed by atoms with Crippen LogP contribution in [0, 0.1) is 0 Å². The molecule has 1 N–H and O–H groups in total. The smallest absolute Gasteiger partial charge is 0.251 e. The maximum absolute atomic E-state index is 12.4. The van der Waals surface area contributed by atoms with Crippen molar-refractivity contribution in [2.24, 2.45) is 0 Å². The van der Waals surface area contributed by atoms with Gasteiger partial charge in [0.25, 0.3) is 5.91 Å². The summed E-state index contributed by atoms with van der Waals surface area (Å²) in [5.74, 6) is -0.0296. The van der Waals surface area contributed by atoms with Crippen molar-refractivity contribution in [2.45, 2.75) is 19.3 Å². The second-order valence-corrected chi connectivity index (χ2v) is 6.72. The Morgan fingerprint density at radius 3 is 2.85 bits per heavy atom. The number of hydrogen-bond donors (Lipinski definition) is 1. The van der Waals surface area contributed by atoms with E-state index in [0.717, 1.165) is 36.2 Å². The summed E-state index contributed by atoms with van der Waals surface area (Å²) in [6.07, 6.45) is 9.29. The molecule has 1 aromatic carbocycles. The maximum atomic E-state index is 12.4. The third kappa shape index (κ3) is 3.75.